The van der Waals surface area contributed by atoms with Crippen LogP contribution >= 0.6 is 0 Å². The molecule has 150 valence electrons. The second kappa shape index (κ2) is 7.43. The highest BCUT2D eigenvalue weighted by Crippen LogP contribution is 2.29. The van der Waals surface area contributed by atoms with Gasteiger partial charge in [-0.3, -0.25) is 14.9 Å². The molecule has 1 aromatic carbocycles. The summed E-state index contributed by atoms with van der Waals surface area (Å²) in [4.78, 5) is 27.3. The number of hydrogen-bond acceptors (Lipinski definition) is 7. The van der Waals surface area contributed by atoms with Crippen molar-refractivity contribution in [1.29, 1.82) is 0 Å². The minimum absolute atomic E-state index is 0.146. The van der Waals surface area contributed by atoms with Gasteiger partial charge in [0, 0.05) is 30.2 Å². The van der Waals surface area contributed by atoms with Crippen molar-refractivity contribution in [2.75, 3.05) is 29.0 Å². The predicted molar refractivity (Wildman–Crippen MR) is 115 cm³/mol. The van der Waals surface area contributed by atoms with Gasteiger partial charge in [-0.15, -0.1) is 0 Å². The van der Waals surface area contributed by atoms with Crippen molar-refractivity contribution in [3.63, 3.8) is 0 Å². The first-order valence-electron chi connectivity index (χ1n) is 9.75. The van der Waals surface area contributed by atoms with E-state index in [0.717, 1.165) is 40.8 Å². The van der Waals surface area contributed by atoms with E-state index in [0.29, 0.717) is 11.4 Å². The number of nitrogen functional groups attached to an aromatic ring is 1. The first-order valence-corrected chi connectivity index (χ1v) is 9.75. The number of fused-ring (bicyclic) bond motifs is 1. The molecule has 0 spiro atoms. The van der Waals surface area contributed by atoms with Gasteiger partial charge in [0.1, 0.15) is 0 Å². The SMILES string of the molecule is Nc1ncc(NC(=O)c2n[nH]c3ccc(-c4cncc(N5CCCC5)c4)cc23)cn1. The van der Waals surface area contributed by atoms with E-state index in [1.807, 2.05) is 30.6 Å². The monoisotopic (exact) mass is 400 g/mol. The van der Waals surface area contributed by atoms with Gasteiger partial charge in [-0.2, -0.15) is 5.10 Å². The van der Waals surface area contributed by atoms with Crippen molar-refractivity contribution < 1.29 is 4.79 Å². The maximum Gasteiger partial charge on any atom is 0.276 e. The molecule has 30 heavy (non-hydrogen) atoms. The number of carbonyl (C=O) groups is 1. The first kappa shape index (κ1) is 18.0. The second-order valence-corrected chi connectivity index (χ2v) is 7.24. The average Bonchev–Trinajstić information content (AvgIpc) is 3.45. The minimum Gasteiger partial charge on any atom is -0.370 e. The Hall–Kier alpha value is -4.01. The van der Waals surface area contributed by atoms with E-state index < -0.39 is 0 Å². The van der Waals surface area contributed by atoms with Gasteiger partial charge >= 0.3 is 0 Å². The Morgan fingerprint density at radius 2 is 1.83 bits per heavy atom. The van der Waals surface area contributed by atoms with Crippen LogP contribution in [0.5, 0.6) is 0 Å². The predicted octanol–water partition coefficient (Wildman–Crippen LogP) is 2.85. The number of carbonyl (C=O) groups excluding carboxylic acids is 1. The third-order valence-electron chi connectivity index (χ3n) is 5.24. The standard InChI is InChI=1S/C21H20N8O/c22-21-24-10-15(11-25-21)26-20(30)19-17-8-13(3-4-18(17)27-28-19)14-7-16(12-23-9-14)29-5-1-2-6-29/h3-4,7-12H,1-2,5-6H2,(H,26,30)(H,27,28)(H2,22,24,25). The minimum atomic E-state index is -0.351. The number of anilines is 3. The van der Waals surface area contributed by atoms with Gasteiger partial charge in [0.05, 0.1) is 35.5 Å². The molecule has 1 aliphatic rings. The molecule has 1 aliphatic heterocycles. The number of pyridine rings is 1. The fraction of sp³-hybridized carbons (Fsp3) is 0.190. The Morgan fingerprint density at radius 3 is 2.63 bits per heavy atom. The van der Waals surface area contributed by atoms with E-state index in [4.69, 9.17) is 5.73 Å². The number of rotatable bonds is 4. The molecule has 5 rings (SSSR count). The smallest absolute Gasteiger partial charge is 0.276 e. The van der Waals surface area contributed by atoms with Crippen molar-refractivity contribution in [2.45, 2.75) is 12.8 Å². The molecule has 0 aliphatic carbocycles. The molecule has 9 nitrogen and oxygen atoms in total. The molecule has 4 aromatic rings. The molecule has 4 N–H and O–H groups in total. The van der Waals surface area contributed by atoms with Crippen LogP contribution in [0.2, 0.25) is 0 Å². The number of nitrogens with two attached hydrogens (primary N) is 1. The lowest BCUT2D eigenvalue weighted by Gasteiger charge is -2.17. The van der Waals surface area contributed by atoms with Crippen LogP contribution in [0.1, 0.15) is 23.3 Å². The molecule has 3 aromatic heterocycles. The van der Waals surface area contributed by atoms with E-state index in [9.17, 15) is 4.79 Å². The average molecular weight is 400 g/mol. The molecule has 4 heterocycles. The normalized spacial score (nSPS) is 13.7. The van der Waals surface area contributed by atoms with E-state index in [-0.39, 0.29) is 11.9 Å². The summed E-state index contributed by atoms with van der Waals surface area (Å²) in [5, 5.41) is 10.6. The van der Waals surface area contributed by atoms with Crippen LogP contribution in [0.15, 0.2) is 49.1 Å². The van der Waals surface area contributed by atoms with Crippen LogP contribution in [-0.4, -0.2) is 44.1 Å². The molecule has 9 heteroatoms. The quantitative estimate of drug-likeness (QED) is 0.481. The van der Waals surface area contributed by atoms with Crippen molar-refractivity contribution >= 4 is 34.1 Å². The molecule has 1 amide bonds. The number of aromatic nitrogens is 5. The van der Waals surface area contributed by atoms with Gasteiger partial charge < -0.3 is 16.0 Å². The molecule has 1 fully saturated rings. The zero-order chi connectivity index (χ0) is 20.5. The fourth-order valence-corrected chi connectivity index (χ4v) is 3.69. The van der Waals surface area contributed by atoms with Crippen molar-refractivity contribution in [3.05, 3.63) is 54.7 Å². The number of benzene rings is 1. The van der Waals surface area contributed by atoms with Gasteiger partial charge in [0.2, 0.25) is 5.95 Å². The topological polar surface area (TPSA) is 126 Å². The van der Waals surface area contributed by atoms with E-state index in [2.05, 4.69) is 41.4 Å². The molecular weight excluding hydrogens is 380 g/mol. The molecule has 0 bridgehead atoms. The van der Waals surface area contributed by atoms with Crippen molar-refractivity contribution in [1.82, 2.24) is 25.1 Å². The van der Waals surface area contributed by atoms with Gasteiger partial charge in [-0.1, -0.05) is 6.07 Å². The Bertz CT molecular complexity index is 1210. The summed E-state index contributed by atoms with van der Waals surface area (Å²) in [6.07, 6.45) is 9.07. The zero-order valence-corrected chi connectivity index (χ0v) is 16.2. The summed E-state index contributed by atoms with van der Waals surface area (Å²) in [7, 11) is 0. The maximum absolute atomic E-state index is 12.8. The van der Waals surface area contributed by atoms with E-state index in [1.165, 1.54) is 25.2 Å². The number of aromatic amines is 1. The lowest BCUT2D eigenvalue weighted by atomic mass is 10.0. The first-order chi connectivity index (χ1) is 14.7. The highest BCUT2D eigenvalue weighted by atomic mass is 16.1. The highest BCUT2D eigenvalue weighted by Gasteiger charge is 2.17. The van der Waals surface area contributed by atoms with Crippen molar-refractivity contribution in [2.24, 2.45) is 0 Å². The molecule has 0 saturated carbocycles. The Labute approximate surface area is 172 Å². The third-order valence-corrected chi connectivity index (χ3v) is 5.24. The van der Waals surface area contributed by atoms with Crippen LogP contribution in [0.25, 0.3) is 22.0 Å². The summed E-state index contributed by atoms with van der Waals surface area (Å²) >= 11 is 0. The van der Waals surface area contributed by atoms with Crippen LogP contribution in [-0.2, 0) is 0 Å². The van der Waals surface area contributed by atoms with Crippen LogP contribution in [0.4, 0.5) is 17.3 Å². The number of amides is 1. The second-order valence-electron chi connectivity index (χ2n) is 7.24. The molecule has 0 radical (unpaired) electrons. The van der Waals surface area contributed by atoms with Gasteiger partial charge in [0.25, 0.3) is 5.91 Å². The summed E-state index contributed by atoms with van der Waals surface area (Å²) in [6, 6.07) is 8.02. The zero-order valence-electron chi connectivity index (χ0n) is 16.2. The van der Waals surface area contributed by atoms with Crippen LogP contribution in [0, 0.1) is 0 Å². The van der Waals surface area contributed by atoms with E-state index >= 15 is 0 Å². The largest absolute Gasteiger partial charge is 0.370 e. The maximum atomic E-state index is 12.8. The summed E-state index contributed by atoms with van der Waals surface area (Å²) in [6.45, 7) is 2.12. The lowest BCUT2D eigenvalue weighted by molar-refractivity contribution is 0.102. The molecular formula is C21H20N8O. The number of nitrogens with one attached hydrogen (secondary N) is 2. The Balaban J connectivity index is 1.46. The van der Waals surface area contributed by atoms with Gasteiger partial charge in [0.15, 0.2) is 5.69 Å². The van der Waals surface area contributed by atoms with E-state index in [1.54, 1.807) is 0 Å². The number of hydrogen-bond donors (Lipinski definition) is 3. The van der Waals surface area contributed by atoms with Crippen molar-refractivity contribution in [3.8, 4) is 11.1 Å². The molecule has 1 saturated heterocycles. The van der Waals surface area contributed by atoms with Gasteiger partial charge in [-0.25, -0.2) is 9.97 Å². The fourth-order valence-electron chi connectivity index (χ4n) is 3.69. The lowest BCUT2D eigenvalue weighted by Crippen LogP contribution is -2.17. The Kier molecular flexibility index (Phi) is 4.47. The Morgan fingerprint density at radius 1 is 1.03 bits per heavy atom. The summed E-state index contributed by atoms with van der Waals surface area (Å²) in [5.41, 5.74) is 10.1. The number of nitrogens with zero attached hydrogens (tertiary/aromatic N) is 5. The van der Waals surface area contributed by atoms with Crippen LogP contribution in [0.3, 0.4) is 0 Å². The summed E-state index contributed by atoms with van der Waals surface area (Å²) in [5.74, 6) is -0.205. The number of H-pyrrole nitrogens is 1. The third kappa shape index (κ3) is 3.41. The molecule has 0 atom stereocenters. The van der Waals surface area contributed by atoms with Crippen LogP contribution < -0.4 is 16.0 Å². The van der Waals surface area contributed by atoms with Gasteiger partial charge in [-0.05, 0) is 36.6 Å². The summed E-state index contributed by atoms with van der Waals surface area (Å²) < 4.78 is 0. The molecule has 0 unspecified atom stereocenters. The highest BCUT2D eigenvalue weighted by molar-refractivity contribution is 6.11.